The Morgan fingerprint density at radius 1 is 1.04 bits per heavy atom. The molecule has 1 saturated heterocycles. The Morgan fingerprint density at radius 2 is 1.75 bits per heavy atom. The number of nitrogens with zero attached hydrogens (tertiary/aromatic N) is 1. The lowest BCUT2D eigenvalue weighted by molar-refractivity contribution is 0.185. The second kappa shape index (κ2) is 7.36. The van der Waals surface area contributed by atoms with Gasteiger partial charge in [-0.15, -0.1) is 0 Å². The quantitative estimate of drug-likeness (QED) is 0.833. The monoisotopic (exact) mass is 345 g/mol. The van der Waals surface area contributed by atoms with E-state index in [1.807, 2.05) is 37.3 Å². The first-order valence-corrected chi connectivity index (χ1v) is 9.74. The van der Waals surface area contributed by atoms with Crippen LogP contribution in [0.25, 0.3) is 0 Å². The molecule has 2 aromatic rings. The number of piperidine rings is 1. The van der Waals surface area contributed by atoms with Crippen molar-refractivity contribution in [3.63, 3.8) is 0 Å². The summed E-state index contributed by atoms with van der Waals surface area (Å²) < 4.78 is 32.7. The van der Waals surface area contributed by atoms with E-state index < -0.39 is 10.0 Å². The molecule has 2 aromatic carbocycles. The van der Waals surface area contributed by atoms with E-state index >= 15 is 0 Å². The standard InChI is InChI=1S/C19H23NO3S/c1-16-6-5-7-18(14-16)23-15-17-10-12-20(13-11-17)24(21,22)19-8-3-2-4-9-19/h2-9,14,17H,10-13,15H2,1H3. The van der Waals surface area contributed by atoms with E-state index in [1.165, 1.54) is 5.56 Å². The van der Waals surface area contributed by atoms with Crippen LogP contribution in [0.3, 0.4) is 0 Å². The fourth-order valence-electron chi connectivity index (χ4n) is 2.98. The van der Waals surface area contributed by atoms with Gasteiger partial charge in [-0.2, -0.15) is 4.31 Å². The van der Waals surface area contributed by atoms with Crippen molar-refractivity contribution in [3.05, 3.63) is 60.2 Å². The molecule has 5 heteroatoms. The first-order chi connectivity index (χ1) is 11.6. The molecule has 0 unspecified atom stereocenters. The molecule has 128 valence electrons. The van der Waals surface area contributed by atoms with Crippen LogP contribution in [0, 0.1) is 12.8 Å². The number of aryl methyl sites for hydroxylation is 1. The van der Waals surface area contributed by atoms with Crippen molar-refractivity contribution in [2.24, 2.45) is 5.92 Å². The van der Waals surface area contributed by atoms with Crippen LogP contribution in [0.1, 0.15) is 18.4 Å². The van der Waals surface area contributed by atoms with Gasteiger partial charge in [0.2, 0.25) is 10.0 Å². The van der Waals surface area contributed by atoms with Gasteiger partial charge in [-0.1, -0.05) is 30.3 Å². The molecule has 0 amide bonds. The van der Waals surface area contributed by atoms with E-state index in [0.717, 1.165) is 18.6 Å². The molecule has 4 nitrogen and oxygen atoms in total. The minimum atomic E-state index is -3.37. The van der Waals surface area contributed by atoms with Gasteiger partial charge in [0.1, 0.15) is 5.75 Å². The molecular formula is C19H23NO3S. The summed E-state index contributed by atoms with van der Waals surface area (Å²) in [7, 11) is -3.37. The predicted octanol–water partition coefficient (Wildman–Crippen LogP) is 3.47. The minimum Gasteiger partial charge on any atom is -0.493 e. The maximum Gasteiger partial charge on any atom is 0.243 e. The number of hydrogen-bond acceptors (Lipinski definition) is 3. The van der Waals surface area contributed by atoms with E-state index in [2.05, 4.69) is 0 Å². The van der Waals surface area contributed by atoms with Crippen LogP contribution in [0.5, 0.6) is 5.75 Å². The Hall–Kier alpha value is -1.85. The molecule has 1 heterocycles. The molecule has 0 aromatic heterocycles. The van der Waals surface area contributed by atoms with E-state index in [1.54, 1.807) is 28.6 Å². The molecule has 0 atom stereocenters. The van der Waals surface area contributed by atoms with E-state index in [9.17, 15) is 8.42 Å². The topological polar surface area (TPSA) is 46.6 Å². The molecule has 1 aliphatic rings. The molecule has 1 aliphatic heterocycles. The van der Waals surface area contributed by atoms with Crippen LogP contribution in [0.15, 0.2) is 59.5 Å². The molecule has 3 rings (SSSR count). The fourth-order valence-corrected chi connectivity index (χ4v) is 4.47. The highest BCUT2D eigenvalue weighted by Crippen LogP contribution is 2.24. The Bertz CT molecular complexity index is 766. The van der Waals surface area contributed by atoms with E-state index in [0.29, 0.717) is 30.5 Å². The lowest BCUT2D eigenvalue weighted by Crippen LogP contribution is -2.39. The highest BCUT2D eigenvalue weighted by Gasteiger charge is 2.29. The third-order valence-corrected chi connectivity index (χ3v) is 6.34. The third-order valence-electron chi connectivity index (χ3n) is 4.43. The summed E-state index contributed by atoms with van der Waals surface area (Å²) in [5, 5.41) is 0. The Kier molecular flexibility index (Phi) is 5.21. The number of rotatable bonds is 5. The van der Waals surface area contributed by atoms with Crippen molar-refractivity contribution in [1.29, 1.82) is 0 Å². The molecular weight excluding hydrogens is 322 g/mol. The second-order valence-corrected chi connectivity index (χ2v) is 8.23. The van der Waals surface area contributed by atoms with Gasteiger partial charge in [-0.25, -0.2) is 8.42 Å². The summed E-state index contributed by atoms with van der Waals surface area (Å²) in [5.41, 5.74) is 1.18. The summed E-state index contributed by atoms with van der Waals surface area (Å²) in [6.07, 6.45) is 1.66. The zero-order chi connectivity index (χ0) is 17.0. The molecule has 0 saturated carbocycles. The predicted molar refractivity (Wildman–Crippen MR) is 94.6 cm³/mol. The smallest absolute Gasteiger partial charge is 0.243 e. The molecule has 0 N–H and O–H groups in total. The van der Waals surface area contributed by atoms with Crippen molar-refractivity contribution in [2.75, 3.05) is 19.7 Å². The Morgan fingerprint density at radius 3 is 2.42 bits per heavy atom. The van der Waals surface area contributed by atoms with Crippen LogP contribution in [0.4, 0.5) is 0 Å². The zero-order valence-corrected chi connectivity index (χ0v) is 14.7. The van der Waals surface area contributed by atoms with Gasteiger partial charge in [-0.05, 0) is 55.5 Å². The van der Waals surface area contributed by atoms with Gasteiger partial charge in [0.25, 0.3) is 0 Å². The van der Waals surface area contributed by atoms with Gasteiger partial charge in [0, 0.05) is 13.1 Å². The number of ether oxygens (including phenoxy) is 1. The molecule has 0 aliphatic carbocycles. The molecule has 1 fully saturated rings. The van der Waals surface area contributed by atoms with Gasteiger partial charge >= 0.3 is 0 Å². The maximum absolute atomic E-state index is 12.6. The average Bonchev–Trinajstić information content (AvgIpc) is 2.61. The third kappa shape index (κ3) is 3.97. The van der Waals surface area contributed by atoms with Crippen molar-refractivity contribution >= 4 is 10.0 Å². The first kappa shape index (κ1) is 17.0. The highest BCUT2D eigenvalue weighted by atomic mass is 32.2. The highest BCUT2D eigenvalue weighted by molar-refractivity contribution is 7.89. The summed E-state index contributed by atoms with van der Waals surface area (Å²) in [4.78, 5) is 0.375. The summed E-state index contributed by atoms with van der Waals surface area (Å²) >= 11 is 0. The van der Waals surface area contributed by atoms with Gasteiger partial charge in [0.15, 0.2) is 0 Å². The van der Waals surface area contributed by atoms with Crippen LogP contribution >= 0.6 is 0 Å². The van der Waals surface area contributed by atoms with Crippen molar-refractivity contribution in [2.45, 2.75) is 24.7 Å². The Balaban J connectivity index is 1.54. The minimum absolute atomic E-state index is 0.375. The fraction of sp³-hybridized carbons (Fsp3) is 0.368. The average molecular weight is 345 g/mol. The van der Waals surface area contributed by atoms with Crippen LogP contribution in [0.2, 0.25) is 0 Å². The van der Waals surface area contributed by atoms with Crippen molar-refractivity contribution < 1.29 is 13.2 Å². The van der Waals surface area contributed by atoms with E-state index in [4.69, 9.17) is 4.74 Å². The number of benzene rings is 2. The molecule has 0 radical (unpaired) electrons. The number of hydrogen-bond donors (Lipinski definition) is 0. The second-order valence-electron chi connectivity index (χ2n) is 6.29. The summed E-state index contributed by atoms with van der Waals surface area (Å²) in [6.45, 7) is 3.79. The van der Waals surface area contributed by atoms with Crippen LogP contribution in [-0.2, 0) is 10.0 Å². The maximum atomic E-state index is 12.6. The van der Waals surface area contributed by atoms with Crippen molar-refractivity contribution in [1.82, 2.24) is 4.31 Å². The van der Waals surface area contributed by atoms with Gasteiger partial charge in [0.05, 0.1) is 11.5 Å². The van der Waals surface area contributed by atoms with Gasteiger partial charge in [-0.3, -0.25) is 0 Å². The lowest BCUT2D eigenvalue weighted by Gasteiger charge is -2.31. The summed E-state index contributed by atoms with van der Waals surface area (Å²) in [6, 6.07) is 16.7. The Labute approximate surface area is 144 Å². The molecule has 0 bridgehead atoms. The normalized spacial score (nSPS) is 16.9. The van der Waals surface area contributed by atoms with Crippen molar-refractivity contribution in [3.8, 4) is 5.75 Å². The van der Waals surface area contributed by atoms with Crippen LogP contribution < -0.4 is 4.74 Å². The van der Waals surface area contributed by atoms with Gasteiger partial charge < -0.3 is 4.74 Å². The lowest BCUT2D eigenvalue weighted by atomic mass is 9.99. The largest absolute Gasteiger partial charge is 0.493 e. The zero-order valence-electron chi connectivity index (χ0n) is 13.9. The molecule has 0 spiro atoms. The SMILES string of the molecule is Cc1cccc(OCC2CCN(S(=O)(=O)c3ccccc3)CC2)c1. The number of sulfonamides is 1. The van der Waals surface area contributed by atoms with Crippen LogP contribution in [-0.4, -0.2) is 32.4 Å². The molecule has 24 heavy (non-hydrogen) atoms. The summed E-state index contributed by atoms with van der Waals surface area (Å²) in [5.74, 6) is 1.28. The first-order valence-electron chi connectivity index (χ1n) is 8.30. The van der Waals surface area contributed by atoms with E-state index in [-0.39, 0.29) is 0 Å².